The predicted molar refractivity (Wildman–Crippen MR) is 69.5 cm³/mol. The first-order chi connectivity index (χ1) is 8.00. The highest BCUT2D eigenvalue weighted by Gasteiger charge is 2.32. The van der Waals surface area contributed by atoms with Gasteiger partial charge in [-0.3, -0.25) is 4.79 Å². The molecule has 1 saturated heterocycles. The van der Waals surface area contributed by atoms with Gasteiger partial charge in [-0.05, 0) is 34.5 Å². The van der Waals surface area contributed by atoms with Crippen molar-refractivity contribution in [1.82, 2.24) is 5.32 Å². The van der Waals surface area contributed by atoms with Gasteiger partial charge in [0.05, 0.1) is 15.3 Å². The molecule has 0 aromatic carbocycles. The minimum absolute atomic E-state index is 0.149. The van der Waals surface area contributed by atoms with Crippen molar-refractivity contribution in [2.24, 2.45) is 0 Å². The monoisotopic (exact) mass is 319 g/mol. The second-order valence-electron chi connectivity index (χ2n) is 4.28. The van der Waals surface area contributed by atoms with E-state index in [0.717, 1.165) is 9.35 Å². The molecule has 2 rings (SSSR count). The van der Waals surface area contributed by atoms with Gasteiger partial charge < -0.3 is 15.2 Å². The van der Waals surface area contributed by atoms with Crippen molar-refractivity contribution >= 4 is 33.2 Å². The molecule has 0 saturated carbocycles. The molecule has 6 heteroatoms. The molecule has 0 aliphatic carbocycles. The van der Waals surface area contributed by atoms with E-state index in [1.54, 1.807) is 0 Å². The standard InChI is InChI=1S/C11H14BrNO3S/c1-7-4-8(17-9(7)12)10(14)13-5-11(15)2-3-16-6-11/h4,15H,2-3,5-6H2,1H3,(H,13,14). The number of ether oxygens (including phenoxy) is 1. The summed E-state index contributed by atoms with van der Waals surface area (Å²) in [6.07, 6.45) is 0.570. The quantitative estimate of drug-likeness (QED) is 0.891. The second-order valence-corrected chi connectivity index (χ2v) is 6.65. The number of carbonyl (C=O) groups excluding carboxylic acids is 1. The molecular formula is C11H14BrNO3S. The summed E-state index contributed by atoms with van der Waals surface area (Å²) in [5, 5.41) is 12.7. The Bertz CT molecular complexity index is 407. The third kappa shape index (κ3) is 3.07. The predicted octanol–water partition coefficient (Wildman–Crippen LogP) is 1.70. The van der Waals surface area contributed by atoms with Gasteiger partial charge in [0, 0.05) is 19.6 Å². The molecule has 1 aromatic heterocycles. The van der Waals surface area contributed by atoms with Crippen molar-refractivity contribution in [1.29, 1.82) is 0 Å². The average Bonchev–Trinajstić information content (AvgIpc) is 2.85. The SMILES string of the molecule is Cc1cc(C(=O)NCC2(O)CCOC2)sc1Br. The number of carbonyl (C=O) groups is 1. The number of aryl methyl sites for hydroxylation is 1. The Morgan fingerprint density at radius 2 is 2.53 bits per heavy atom. The molecule has 0 spiro atoms. The highest BCUT2D eigenvalue weighted by molar-refractivity contribution is 9.11. The van der Waals surface area contributed by atoms with Gasteiger partial charge in [0.25, 0.3) is 5.91 Å². The lowest BCUT2D eigenvalue weighted by atomic mass is 10.0. The molecule has 1 aromatic rings. The van der Waals surface area contributed by atoms with Crippen molar-refractivity contribution in [2.75, 3.05) is 19.8 Å². The highest BCUT2D eigenvalue weighted by Crippen LogP contribution is 2.27. The molecule has 1 atom stereocenters. The third-order valence-corrected chi connectivity index (χ3v) is 4.88. The van der Waals surface area contributed by atoms with Crippen molar-refractivity contribution < 1.29 is 14.6 Å². The average molecular weight is 320 g/mol. The molecule has 0 radical (unpaired) electrons. The Morgan fingerprint density at radius 3 is 3.06 bits per heavy atom. The summed E-state index contributed by atoms with van der Waals surface area (Å²) in [6, 6.07) is 1.83. The van der Waals surface area contributed by atoms with Crippen LogP contribution in [0.15, 0.2) is 9.85 Å². The molecular weight excluding hydrogens is 306 g/mol. The molecule has 94 valence electrons. The smallest absolute Gasteiger partial charge is 0.261 e. The van der Waals surface area contributed by atoms with Crippen LogP contribution in [0, 0.1) is 6.92 Å². The van der Waals surface area contributed by atoms with Crippen LogP contribution in [0.4, 0.5) is 0 Å². The fourth-order valence-corrected chi connectivity index (χ4v) is 3.09. The highest BCUT2D eigenvalue weighted by atomic mass is 79.9. The summed E-state index contributed by atoms with van der Waals surface area (Å²) in [7, 11) is 0. The van der Waals surface area contributed by atoms with Crippen LogP contribution < -0.4 is 5.32 Å². The van der Waals surface area contributed by atoms with Crippen molar-refractivity contribution in [3.8, 4) is 0 Å². The van der Waals surface area contributed by atoms with Gasteiger partial charge in [0.2, 0.25) is 0 Å². The molecule has 4 nitrogen and oxygen atoms in total. The molecule has 2 heterocycles. The number of amides is 1. The van der Waals surface area contributed by atoms with Gasteiger partial charge in [0.15, 0.2) is 0 Å². The van der Waals surface area contributed by atoms with E-state index in [2.05, 4.69) is 21.2 Å². The molecule has 1 aliphatic heterocycles. The van der Waals surface area contributed by atoms with Crippen LogP contribution in [0.1, 0.15) is 21.7 Å². The Morgan fingerprint density at radius 1 is 1.76 bits per heavy atom. The van der Waals surface area contributed by atoms with Gasteiger partial charge >= 0.3 is 0 Å². The zero-order valence-corrected chi connectivity index (χ0v) is 11.9. The van der Waals surface area contributed by atoms with Crippen molar-refractivity contribution in [3.05, 3.63) is 20.3 Å². The van der Waals surface area contributed by atoms with Gasteiger partial charge in [-0.2, -0.15) is 0 Å². The number of aliphatic hydroxyl groups is 1. The van der Waals surface area contributed by atoms with E-state index < -0.39 is 5.60 Å². The number of hydrogen-bond donors (Lipinski definition) is 2. The summed E-state index contributed by atoms with van der Waals surface area (Å²) < 4.78 is 6.08. The maximum atomic E-state index is 11.8. The van der Waals surface area contributed by atoms with E-state index in [4.69, 9.17) is 4.74 Å². The summed E-state index contributed by atoms with van der Waals surface area (Å²) >= 11 is 4.78. The van der Waals surface area contributed by atoms with Crippen LogP contribution in [0.25, 0.3) is 0 Å². The molecule has 2 N–H and O–H groups in total. The van der Waals surface area contributed by atoms with Crippen LogP contribution in [0.2, 0.25) is 0 Å². The number of nitrogens with one attached hydrogen (secondary N) is 1. The van der Waals surface area contributed by atoms with Crippen molar-refractivity contribution in [3.63, 3.8) is 0 Å². The van der Waals surface area contributed by atoms with Crippen LogP contribution in [-0.2, 0) is 4.74 Å². The normalized spacial score (nSPS) is 23.9. The fourth-order valence-electron chi connectivity index (χ4n) is 1.64. The first-order valence-corrected chi connectivity index (χ1v) is 6.95. The molecule has 1 aliphatic rings. The van der Waals surface area contributed by atoms with Crippen molar-refractivity contribution in [2.45, 2.75) is 18.9 Å². The van der Waals surface area contributed by atoms with E-state index in [-0.39, 0.29) is 12.5 Å². The molecule has 1 amide bonds. The number of hydrogen-bond acceptors (Lipinski definition) is 4. The molecule has 1 fully saturated rings. The maximum absolute atomic E-state index is 11.8. The van der Waals surface area contributed by atoms with E-state index in [1.165, 1.54) is 11.3 Å². The van der Waals surface area contributed by atoms with E-state index >= 15 is 0 Å². The maximum Gasteiger partial charge on any atom is 0.261 e. The van der Waals surface area contributed by atoms with Crippen LogP contribution in [0.5, 0.6) is 0 Å². The Kier molecular flexibility index (Phi) is 3.87. The van der Waals surface area contributed by atoms with Crippen LogP contribution in [-0.4, -0.2) is 36.4 Å². The Hall–Kier alpha value is -0.430. The first kappa shape index (κ1) is 13.0. The Balaban J connectivity index is 1.93. The lowest BCUT2D eigenvalue weighted by Gasteiger charge is -2.20. The van der Waals surface area contributed by atoms with Crippen LogP contribution >= 0.6 is 27.3 Å². The van der Waals surface area contributed by atoms with E-state index in [0.29, 0.717) is 24.5 Å². The lowest BCUT2D eigenvalue weighted by Crippen LogP contribution is -2.43. The van der Waals surface area contributed by atoms with E-state index in [1.807, 2.05) is 13.0 Å². The largest absolute Gasteiger partial charge is 0.386 e. The number of halogens is 1. The third-order valence-electron chi connectivity index (χ3n) is 2.74. The summed E-state index contributed by atoms with van der Waals surface area (Å²) in [5.74, 6) is -0.149. The number of rotatable bonds is 3. The zero-order valence-electron chi connectivity index (χ0n) is 9.46. The van der Waals surface area contributed by atoms with Crippen LogP contribution in [0.3, 0.4) is 0 Å². The summed E-state index contributed by atoms with van der Waals surface area (Å²) in [6.45, 7) is 3.02. The zero-order chi connectivity index (χ0) is 12.5. The van der Waals surface area contributed by atoms with Gasteiger partial charge in [-0.15, -0.1) is 11.3 Å². The summed E-state index contributed by atoms with van der Waals surface area (Å²) in [4.78, 5) is 12.5. The first-order valence-electron chi connectivity index (χ1n) is 5.34. The van der Waals surface area contributed by atoms with Gasteiger partial charge in [0.1, 0.15) is 5.60 Å². The topological polar surface area (TPSA) is 58.6 Å². The summed E-state index contributed by atoms with van der Waals surface area (Å²) in [5.41, 5.74) is 0.141. The molecule has 1 unspecified atom stereocenters. The minimum Gasteiger partial charge on any atom is -0.386 e. The lowest BCUT2D eigenvalue weighted by molar-refractivity contribution is 0.0265. The second kappa shape index (κ2) is 5.06. The van der Waals surface area contributed by atoms with E-state index in [9.17, 15) is 9.90 Å². The molecule has 17 heavy (non-hydrogen) atoms. The molecule has 0 bridgehead atoms. The Labute approximate surface area is 112 Å². The minimum atomic E-state index is -0.904. The van der Waals surface area contributed by atoms with Gasteiger partial charge in [-0.1, -0.05) is 0 Å². The fraction of sp³-hybridized carbons (Fsp3) is 0.545. The van der Waals surface area contributed by atoms with Gasteiger partial charge in [-0.25, -0.2) is 0 Å². The number of thiophene rings is 1.